The molecule has 0 aliphatic heterocycles. The molecule has 1 heterocycles. The van der Waals surface area contributed by atoms with E-state index in [0.29, 0.717) is 22.7 Å². The zero-order valence-corrected chi connectivity index (χ0v) is 16.5. The van der Waals surface area contributed by atoms with Crippen molar-refractivity contribution in [3.8, 4) is 0 Å². The molecule has 2 aliphatic rings. The van der Waals surface area contributed by atoms with E-state index in [1.165, 1.54) is 11.0 Å². The molecule has 2 aromatic rings. The molecule has 0 spiro atoms. The number of H-pyrrole nitrogens is 1. The minimum atomic E-state index is -0.480. The predicted molar refractivity (Wildman–Crippen MR) is 111 cm³/mol. The maximum Gasteiger partial charge on any atom is 0.328 e. The van der Waals surface area contributed by atoms with E-state index in [0.717, 1.165) is 25.7 Å². The summed E-state index contributed by atoms with van der Waals surface area (Å²) in [6, 6.07) is 7.40. The zero-order valence-electron chi connectivity index (χ0n) is 15.7. The summed E-state index contributed by atoms with van der Waals surface area (Å²) in [5.74, 6) is 0.885. The molecular formula is C20H27ClN4O3. The number of rotatable bonds is 4. The van der Waals surface area contributed by atoms with E-state index in [2.05, 4.69) is 10.3 Å². The van der Waals surface area contributed by atoms with Gasteiger partial charge in [-0.2, -0.15) is 0 Å². The zero-order chi connectivity index (χ0) is 19.0. The number of para-hydroxylation sites is 1. The van der Waals surface area contributed by atoms with Gasteiger partial charge in [-0.15, -0.1) is 12.4 Å². The van der Waals surface area contributed by atoms with Crippen molar-refractivity contribution in [3.05, 3.63) is 45.1 Å². The van der Waals surface area contributed by atoms with Crippen LogP contribution in [0.5, 0.6) is 0 Å². The van der Waals surface area contributed by atoms with Crippen molar-refractivity contribution in [1.82, 2.24) is 14.9 Å². The van der Waals surface area contributed by atoms with Crippen molar-refractivity contribution >= 4 is 29.2 Å². The van der Waals surface area contributed by atoms with Crippen molar-refractivity contribution in [3.63, 3.8) is 0 Å². The molecule has 4 N–H and O–H groups in total. The quantitative estimate of drug-likeness (QED) is 0.714. The van der Waals surface area contributed by atoms with Gasteiger partial charge >= 0.3 is 5.69 Å². The first-order valence-electron chi connectivity index (χ1n) is 9.79. The molecule has 1 amide bonds. The third-order valence-electron chi connectivity index (χ3n) is 6.17. The summed E-state index contributed by atoms with van der Waals surface area (Å²) in [5, 5.41) is 3.66. The van der Waals surface area contributed by atoms with Crippen LogP contribution in [0.15, 0.2) is 33.9 Å². The van der Waals surface area contributed by atoms with Crippen molar-refractivity contribution < 1.29 is 4.79 Å². The second kappa shape index (κ2) is 8.49. The molecular weight excluding hydrogens is 380 g/mol. The highest BCUT2D eigenvalue weighted by atomic mass is 35.5. The minimum Gasteiger partial charge on any atom is -0.353 e. The van der Waals surface area contributed by atoms with Gasteiger partial charge in [0.2, 0.25) is 5.91 Å². The van der Waals surface area contributed by atoms with Gasteiger partial charge in [0.25, 0.3) is 5.56 Å². The van der Waals surface area contributed by atoms with Gasteiger partial charge in [-0.05, 0) is 49.7 Å². The van der Waals surface area contributed by atoms with Crippen LogP contribution >= 0.6 is 12.4 Å². The highest BCUT2D eigenvalue weighted by molar-refractivity contribution is 5.85. The molecule has 152 valence electrons. The van der Waals surface area contributed by atoms with Crippen LogP contribution in [-0.2, 0) is 11.3 Å². The fourth-order valence-electron chi connectivity index (χ4n) is 4.96. The van der Waals surface area contributed by atoms with Gasteiger partial charge in [-0.1, -0.05) is 18.6 Å². The van der Waals surface area contributed by atoms with Crippen molar-refractivity contribution in [2.24, 2.45) is 17.6 Å². The number of nitrogens with two attached hydrogens (primary N) is 1. The third kappa shape index (κ3) is 4.00. The van der Waals surface area contributed by atoms with Crippen molar-refractivity contribution in [2.45, 2.75) is 57.2 Å². The van der Waals surface area contributed by atoms with Gasteiger partial charge in [0.1, 0.15) is 0 Å². The Morgan fingerprint density at radius 3 is 2.57 bits per heavy atom. The van der Waals surface area contributed by atoms with Crippen LogP contribution in [0.4, 0.5) is 0 Å². The molecule has 2 atom stereocenters. The molecule has 2 bridgehead atoms. The molecule has 7 nitrogen and oxygen atoms in total. The Bertz CT molecular complexity index is 956. The molecule has 0 saturated heterocycles. The first-order valence-corrected chi connectivity index (χ1v) is 9.79. The van der Waals surface area contributed by atoms with Gasteiger partial charge in [0, 0.05) is 25.0 Å². The van der Waals surface area contributed by atoms with Crippen LogP contribution < -0.4 is 22.3 Å². The molecule has 4 rings (SSSR count). The Morgan fingerprint density at radius 2 is 1.86 bits per heavy atom. The number of aromatic amines is 1. The first-order chi connectivity index (χ1) is 13.0. The van der Waals surface area contributed by atoms with E-state index in [-0.39, 0.29) is 43.4 Å². The van der Waals surface area contributed by atoms with Gasteiger partial charge in [0.05, 0.1) is 10.9 Å². The molecule has 2 fully saturated rings. The van der Waals surface area contributed by atoms with E-state index in [4.69, 9.17) is 5.73 Å². The maximum absolute atomic E-state index is 12.6. The van der Waals surface area contributed by atoms with E-state index in [1.54, 1.807) is 24.3 Å². The molecule has 2 saturated carbocycles. The van der Waals surface area contributed by atoms with Crippen molar-refractivity contribution in [1.29, 1.82) is 0 Å². The number of nitrogens with zero attached hydrogens (tertiary/aromatic N) is 1. The lowest BCUT2D eigenvalue weighted by Gasteiger charge is -2.45. The highest BCUT2D eigenvalue weighted by Gasteiger charge is 2.39. The Labute approximate surface area is 169 Å². The second-order valence-electron chi connectivity index (χ2n) is 7.95. The number of halogens is 1. The summed E-state index contributed by atoms with van der Waals surface area (Å²) >= 11 is 0. The summed E-state index contributed by atoms with van der Waals surface area (Å²) < 4.78 is 1.47. The number of amides is 1. The second-order valence-corrected chi connectivity index (χ2v) is 7.95. The molecule has 0 radical (unpaired) electrons. The van der Waals surface area contributed by atoms with Crippen LogP contribution in [0.1, 0.15) is 38.5 Å². The van der Waals surface area contributed by atoms with E-state index in [1.807, 2.05) is 0 Å². The van der Waals surface area contributed by atoms with Gasteiger partial charge in [-0.25, -0.2) is 4.79 Å². The molecule has 8 heteroatoms. The Hall–Kier alpha value is -2.12. The molecule has 28 heavy (non-hydrogen) atoms. The smallest absolute Gasteiger partial charge is 0.328 e. The van der Waals surface area contributed by atoms with Gasteiger partial charge < -0.3 is 11.1 Å². The SMILES string of the molecule is Cl.NC1CC2CCCC(C1)C2NC(=O)CCn1c(=O)[nH]c(=O)c2ccccc21. The molecule has 2 unspecified atom stereocenters. The number of aromatic nitrogens is 2. The Morgan fingerprint density at radius 1 is 1.18 bits per heavy atom. The average Bonchev–Trinajstić information content (AvgIpc) is 2.62. The van der Waals surface area contributed by atoms with E-state index >= 15 is 0 Å². The number of hydrogen-bond acceptors (Lipinski definition) is 4. The number of aryl methyl sites for hydroxylation is 1. The van der Waals surface area contributed by atoms with Gasteiger partial charge in [0.15, 0.2) is 0 Å². The fraction of sp³-hybridized carbons (Fsp3) is 0.550. The minimum absolute atomic E-state index is 0. The standard InChI is InChI=1S/C20H26N4O3.ClH/c21-14-10-12-4-3-5-13(11-14)18(12)22-17(25)8-9-24-16-7-2-1-6-15(16)19(26)23-20(24)27;/h1-2,6-7,12-14,18H,3-5,8-11,21H2,(H,22,25)(H,23,26,27);1H. The lowest BCUT2D eigenvalue weighted by atomic mass is 9.67. The average molecular weight is 407 g/mol. The Balaban J connectivity index is 0.00000225. The number of carbonyl (C=O) groups excluding carboxylic acids is 1. The summed E-state index contributed by atoms with van der Waals surface area (Å²) in [6.07, 6.45) is 5.63. The number of hydrogen-bond donors (Lipinski definition) is 3. The first kappa shape index (κ1) is 20.6. The van der Waals surface area contributed by atoms with E-state index < -0.39 is 11.2 Å². The number of nitrogens with one attached hydrogen (secondary N) is 2. The topological polar surface area (TPSA) is 110 Å². The lowest BCUT2D eigenvalue weighted by molar-refractivity contribution is -0.123. The maximum atomic E-state index is 12.6. The Kier molecular flexibility index (Phi) is 6.25. The van der Waals surface area contributed by atoms with Crippen LogP contribution in [-0.4, -0.2) is 27.5 Å². The van der Waals surface area contributed by atoms with Gasteiger partial charge in [-0.3, -0.25) is 19.1 Å². The summed E-state index contributed by atoms with van der Waals surface area (Å²) in [4.78, 5) is 39.1. The summed E-state index contributed by atoms with van der Waals surface area (Å²) in [5.41, 5.74) is 5.83. The van der Waals surface area contributed by atoms with Crippen LogP contribution in [0.25, 0.3) is 10.9 Å². The highest BCUT2D eigenvalue weighted by Crippen LogP contribution is 2.39. The van der Waals surface area contributed by atoms with Crippen LogP contribution in [0.2, 0.25) is 0 Å². The summed E-state index contributed by atoms with van der Waals surface area (Å²) in [7, 11) is 0. The largest absolute Gasteiger partial charge is 0.353 e. The number of fused-ring (bicyclic) bond motifs is 3. The number of benzene rings is 1. The fourth-order valence-corrected chi connectivity index (χ4v) is 4.96. The predicted octanol–water partition coefficient (Wildman–Crippen LogP) is 1.52. The lowest BCUT2D eigenvalue weighted by Crippen LogP contribution is -2.53. The normalized spacial score (nSPS) is 26.5. The van der Waals surface area contributed by atoms with Crippen LogP contribution in [0.3, 0.4) is 0 Å². The molecule has 2 aliphatic carbocycles. The van der Waals surface area contributed by atoms with E-state index in [9.17, 15) is 14.4 Å². The summed E-state index contributed by atoms with van der Waals surface area (Å²) in [6.45, 7) is 0.240. The van der Waals surface area contributed by atoms with Crippen molar-refractivity contribution in [2.75, 3.05) is 0 Å². The molecule has 1 aromatic carbocycles. The number of carbonyl (C=O) groups is 1. The monoisotopic (exact) mass is 406 g/mol. The van der Waals surface area contributed by atoms with Crippen LogP contribution in [0, 0.1) is 11.8 Å². The third-order valence-corrected chi connectivity index (χ3v) is 6.17. The molecule has 1 aromatic heterocycles.